The van der Waals surface area contributed by atoms with Gasteiger partial charge < -0.3 is 9.67 Å². The van der Waals surface area contributed by atoms with Gasteiger partial charge in [-0.15, -0.1) is 0 Å². The number of hydrogen-bond acceptors (Lipinski definition) is 2. The second kappa shape index (κ2) is 9.47. The summed E-state index contributed by atoms with van der Waals surface area (Å²) in [6.07, 6.45) is 2.67. The Morgan fingerprint density at radius 1 is 0.706 bits per heavy atom. The van der Waals surface area contributed by atoms with Gasteiger partial charge >= 0.3 is 0 Å². The minimum Gasteiger partial charge on any atom is -0.382 e. The molecule has 5 rings (SSSR count). The molecule has 1 heterocycles. The molecule has 0 bridgehead atoms. The Balaban J connectivity index is 1.73. The first-order valence-electron chi connectivity index (χ1n) is 10.9. The third kappa shape index (κ3) is 3.92. The molecule has 0 aliphatic heterocycles. The number of benzene rings is 4. The van der Waals surface area contributed by atoms with Crippen molar-refractivity contribution in [3.8, 4) is 0 Å². The van der Waals surface area contributed by atoms with Crippen molar-refractivity contribution < 1.29 is 5.11 Å². The molecule has 3 nitrogen and oxygen atoms in total. The smallest absolute Gasteiger partial charge is 0.124 e. The van der Waals surface area contributed by atoms with E-state index in [2.05, 4.69) is 45.9 Å². The van der Waals surface area contributed by atoms with Crippen LogP contribution >= 0.6 is 23.2 Å². The van der Waals surface area contributed by atoms with Crippen LogP contribution in [0, 0.1) is 0 Å². The zero-order valence-electron chi connectivity index (χ0n) is 18.2. The van der Waals surface area contributed by atoms with E-state index < -0.39 is 11.6 Å². The molecule has 0 aliphatic rings. The second-order valence-corrected chi connectivity index (χ2v) is 8.93. The van der Waals surface area contributed by atoms with Gasteiger partial charge in [0.15, 0.2) is 0 Å². The van der Waals surface area contributed by atoms with Gasteiger partial charge in [-0.2, -0.15) is 0 Å². The number of aliphatic hydroxyl groups excluding tert-OH is 1. The fraction of sp³-hybridized carbons (Fsp3) is 0.0690. The van der Waals surface area contributed by atoms with Crippen molar-refractivity contribution in [2.24, 2.45) is 0 Å². The number of halogens is 2. The van der Waals surface area contributed by atoms with Crippen molar-refractivity contribution in [3.05, 3.63) is 160 Å². The highest BCUT2D eigenvalue weighted by atomic mass is 35.5. The van der Waals surface area contributed by atoms with Gasteiger partial charge in [0.05, 0.1) is 12.0 Å². The van der Waals surface area contributed by atoms with Crippen LogP contribution in [0.5, 0.6) is 0 Å². The highest BCUT2D eigenvalue weighted by Gasteiger charge is 2.38. The summed E-state index contributed by atoms with van der Waals surface area (Å²) in [6, 6.07) is 36.0. The third-order valence-electron chi connectivity index (χ3n) is 6.10. The summed E-state index contributed by atoms with van der Waals surface area (Å²) in [4.78, 5) is 4.62. The molecule has 1 N–H and O–H groups in total. The van der Waals surface area contributed by atoms with Gasteiger partial charge in [0.2, 0.25) is 0 Å². The molecule has 0 saturated carbocycles. The normalized spacial score (nSPS) is 12.4. The van der Waals surface area contributed by atoms with Gasteiger partial charge in [-0.3, -0.25) is 0 Å². The van der Waals surface area contributed by atoms with E-state index in [1.807, 2.05) is 60.8 Å². The first kappa shape index (κ1) is 22.4. The minimum atomic E-state index is -0.994. The predicted molar refractivity (Wildman–Crippen MR) is 137 cm³/mol. The molecule has 5 aromatic rings. The van der Waals surface area contributed by atoms with Gasteiger partial charge in [-0.25, -0.2) is 4.98 Å². The van der Waals surface area contributed by atoms with Gasteiger partial charge in [-0.05, 0) is 28.8 Å². The maximum atomic E-state index is 11.2. The number of hydrogen-bond donors (Lipinski definition) is 1. The zero-order chi connectivity index (χ0) is 23.5. The fourth-order valence-corrected chi connectivity index (χ4v) is 5.04. The van der Waals surface area contributed by atoms with E-state index in [4.69, 9.17) is 23.2 Å². The second-order valence-electron chi connectivity index (χ2n) is 8.08. The molecule has 0 spiro atoms. The Kier molecular flexibility index (Phi) is 6.25. The third-order valence-corrected chi connectivity index (χ3v) is 6.66. The quantitative estimate of drug-likeness (QED) is 0.260. The summed E-state index contributed by atoms with van der Waals surface area (Å²) >= 11 is 12.4. The minimum absolute atomic E-state index is 0.398. The lowest BCUT2D eigenvalue weighted by Gasteiger charge is -2.37. The zero-order valence-corrected chi connectivity index (χ0v) is 19.7. The molecule has 4 aromatic carbocycles. The lowest BCUT2D eigenvalue weighted by molar-refractivity contribution is 0.215. The van der Waals surface area contributed by atoms with Crippen molar-refractivity contribution in [3.63, 3.8) is 0 Å². The molecule has 0 saturated heterocycles. The Morgan fingerprint density at radius 2 is 1.21 bits per heavy atom. The maximum Gasteiger partial charge on any atom is 0.124 e. The van der Waals surface area contributed by atoms with E-state index in [-0.39, 0.29) is 0 Å². The molecule has 0 unspecified atom stereocenters. The summed E-state index contributed by atoms with van der Waals surface area (Å²) < 4.78 is 2.06. The lowest BCUT2D eigenvalue weighted by Crippen LogP contribution is -2.37. The number of nitrogens with zero attached hydrogens (tertiary/aromatic N) is 2. The van der Waals surface area contributed by atoms with Crippen molar-refractivity contribution in [1.29, 1.82) is 0 Å². The summed E-state index contributed by atoms with van der Waals surface area (Å²) in [5, 5.41) is 12.1. The van der Waals surface area contributed by atoms with Gasteiger partial charge in [0.1, 0.15) is 11.6 Å². The lowest BCUT2D eigenvalue weighted by atomic mass is 9.77. The molecular formula is C29H22Cl2N2O. The summed E-state index contributed by atoms with van der Waals surface area (Å²) in [5.41, 5.74) is 3.59. The van der Waals surface area contributed by atoms with Crippen molar-refractivity contribution in [2.45, 2.75) is 11.6 Å². The monoisotopic (exact) mass is 484 g/mol. The van der Waals surface area contributed by atoms with Crippen LogP contribution in [0.25, 0.3) is 0 Å². The van der Waals surface area contributed by atoms with Gasteiger partial charge in [0.25, 0.3) is 0 Å². The largest absolute Gasteiger partial charge is 0.382 e. The summed E-state index contributed by atoms with van der Waals surface area (Å²) in [6.45, 7) is 0. The molecule has 0 aliphatic carbocycles. The summed E-state index contributed by atoms with van der Waals surface area (Å²) in [7, 11) is 0. The van der Waals surface area contributed by atoms with Crippen LogP contribution in [0.4, 0.5) is 0 Å². The van der Waals surface area contributed by atoms with Crippen molar-refractivity contribution in [1.82, 2.24) is 9.55 Å². The van der Waals surface area contributed by atoms with E-state index in [1.54, 1.807) is 24.5 Å². The maximum absolute atomic E-state index is 11.2. The van der Waals surface area contributed by atoms with Crippen LogP contribution in [0.3, 0.4) is 0 Å². The molecule has 0 amide bonds. The van der Waals surface area contributed by atoms with E-state index in [0.717, 1.165) is 16.7 Å². The molecule has 34 heavy (non-hydrogen) atoms. The Labute approximate surface area is 208 Å². The molecule has 1 aromatic heterocycles. The molecule has 168 valence electrons. The first-order valence-corrected chi connectivity index (χ1v) is 11.7. The number of aliphatic hydroxyl groups is 1. The van der Waals surface area contributed by atoms with E-state index in [0.29, 0.717) is 21.3 Å². The molecule has 1 atom stereocenters. The Morgan fingerprint density at radius 3 is 1.68 bits per heavy atom. The van der Waals surface area contributed by atoms with Gasteiger partial charge in [0, 0.05) is 21.8 Å². The standard InChI is InChI=1S/C29H22Cl2N2O/c30-24-16-17-25(26(31)18-24)28(34)27-19-33(20-32-27)29(21-10-4-1-5-11-21,22-12-6-2-7-13-22)23-14-8-3-9-15-23/h1-20,28,34H/t28-/m0/s1. The molecule has 0 fully saturated rings. The average Bonchev–Trinajstić information content (AvgIpc) is 3.37. The topological polar surface area (TPSA) is 38.0 Å². The highest BCUT2D eigenvalue weighted by Crippen LogP contribution is 2.41. The predicted octanol–water partition coefficient (Wildman–Crippen LogP) is 7.11. The SMILES string of the molecule is O[C@H](c1cn(C(c2ccccc2)(c2ccccc2)c2ccccc2)cn1)c1ccc(Cl)cc1Cl. The van der Waals surface area contributed by atoms with Crippen LogP contribution in [0.15, 0.2) is 122 Å². The van der Waals surface area contributed by atoms with Crippen LogP contribution in [-0.4, -0.2) is 14.7 Å². The van der Waals surface area contributed by atoms with Gasteiger partial charge in [-0.1, -0.05) is 120 Å². The Hall–Kier alpha value is -3.37. The van der Waals surface area contributed by atoms with Crippen LogP contribution in [-0.2, 0) is 5.54 Å². The molecule has 5 heteroatoms. The van der Waals surface area contributed by atoms with Crippen LogP contribution in [0.2, 0.25) is 10.0 Å². The number of imidazole rings is 1. The Bertz CT molecular complexity index is 1290. The van der Waals surface area contributed by atoms with Crippen LogP contribution in [0.1, 0.15) is 34.1 Å². The molecular weight excluding hydrogens is 463 g/mol. The highest BCUT2D eigenvalue weighted by molar-refractivity contribution is 6.35. The summed E-state index contributed by atoms with van der Waals surface area (Å²) in [5.74, 6) is 0. The van der Waals surface area contributed by atoms with E-state index >= 15 is 0 Å². The molecule has 0 radical (unpaired) electrons. The first-order chi connectivity index (χ1) is 16.6. The van der Waals surface area contributed by atoms with Crippen molar-refractivity contribution in [2.75, 3.05) is 0 Å². The number of aromatic nitrogens is 2. The van der Waals surface area contributed by atoms with E-state index in [1.165, 1.54) is 0 Å². The van der Waals surface area contributed by atoms with E-state index in [9.17, 15) is 5.11 Å². The van der Waals surface area contributed by atoms with Crippen LogP contribution < -0.4 is 0 Å². The average molecular weight is 485 g/mol. The number of rotatable bonds is 6. The fourth-order valence-electron chi connectivity index (χ4n) is 4.53. The van der Waals surface area contributed by atoms with Crippen molar-refractivity contribution >= 4 is 23.2 Å².